The summed E-state index contributed by atoms with van der Waals surface area (Å²) in [6.45, 7) is 0.0126. The first kappa shape index (κ1) is 15.7. The summed E-state index contributed by atoms with van der Waals surface area (Å²) < 4.78 is 23.2. The maximum Gasteiger partial charge on any atom is 0.305 e. The molecule has 2 rings (SSSR count). The summed E-state index contributed by atoms with van der Waals surface area (Å²) in [6, 6.07) is -0.829. The first-order chi connectivity index (χ1) is 9.77. The second-order valence-electron chi connectivity index (χ2n) is 4.81. The lowest BCUT2D eigenvalue weighted by atomic mass is 10.1. The number of carbonyl (C=O) groups is 2. The predicted molar refractivity (Wildman–Crippen MR) is 76.6 cm³/mol. The Hall–Kier alpha value is -1.68. The second-order valence-corrected chi connectivity index (χ2v) is 7.93. The maximum atomic E-state index is 12.2. The molecule has 0 aromatic carbocycles. The quantitative estimate of drug-likeness (QED) is 0.750. The number of amides is 1. The van der Waals surface area contributed by atoms with E-state index in [0.717, 1.165) is 0 Å². The van der Waals surface area contributed by atoms with E-state index in [-0.39, 0.29) is 36.8 Å². The van der Waals surface area contributed by atoms with E-state index in [1.165, 1.54) is 16.2 Å². The molecule has 1 aromatic heterocycles. The van der Waals surface area contributed by atoms with Crippen LogP contribution >= 0.6 is 11.3 Å². The van der Waals surface area contributed by atoms with Crippen molar-refractivity contribution in [3.63, 3.8) is 0 Å². The van der Waals surface area contributed by atoms with Crippen LogP contribution in [0, 0.1) is 0 Å². The van der Waals surface area contributed by atoms with Crippen molar-refractivity contribution in [2.45, 2.75) is 18.9 Å². The number of carbonyl (C=O) groups excluding carboxylic acids is 1. The Morgan fingerprint density at radius 2 is 2.24 bits per heavy atom. The number of carboxylic acid groups (broad SMARTS) is 1. The van der Waals surface area contributed by atoms with Crippen molar-refractivity contribution in [3.8, 4) is 0 Å². The lowest BCUT2D eigenvalue weighted by molar-refractivity contribution is -0.140. The van der Waals surface area contributed by atoms with Gasteiger partial charge in [-0.1, -0.05) is 0 Å². The summed E-state index contributed by atoms with van der Waals surface area (Å²) in [5, 5.41) is 10.9. The van der Waals surface area contributed by atoms with Crippen LogP contribution in [0.4, 0.5) is 5.13 Å². The molecule has 8 nitrogen and oxygen atoms in total. The number of hydrogen-bond donors (Lipinski definition) is 2. The molecule has 1 aliphatic heterocycles. The van der Waals surface area contributed by atoms with Gasteiger partial charge in [-0.05, 0) is 0 Å². The molecule has 0 spiro atoms. The highest BCUT2D eigenvalue weighted by Gasteiger charge is 2.35. The molecule has 1 amide bonds. The molecule has 116 valence electrons. The number of hydrogen-bond acceptors (Lipinski definition) is 7. The Bertz CT molecular complexity index is 655. The monoisotopic (exact) mass is 333 g/mol. The second kappa shape index (κ2) is 5.98. The zero-order valence-corrected chi connectivity index (χ0v) is 12.7. The van der Waals surface area contributed by atoms with Crippen molar-refractivity contribution >= 4 is 38.2 Å². The van der Waals surface area contributed by atoms with E-state index < -0.39 is 21.8 Å². The smallest absolute Gasteiger partial charge is 0.305 e. The van der Waals surface area contributed by atoms with Crippen molar-refractivity contribution in [1.29, 1.82) is 0 Å². The lowest BCUT2D eigenvalue weighted by Gasteiger charge is -2.34. The van der Waals surface area contributed by atoms with Crippen molar-refractivity contribution in [2.75, 3.05) is 23.8 Å². The molecule has 10 heteroatoms. The van der Waals surface area contributed by atoms with Crippen LogP contribution < -0.4 is 5.73 Å². The van der Waals surface area contributed by atoms with Gasteiger partial charge in [0.25, 0.3) is 0 Å². The molecule has 1 aliphatic rings. The van der Waals surface area contributed by atoms with Crippen LogP contribution in [0.3, 0.4) is 0 Å². The first-order valence-corrected chi connectivity index (χ1v) is 8.88. The third kappa shape index (κ3) is 4.14. The van der Waals surface area contributed by atoms with Crippen LogP contribution in [0.5, 0.6) is 0 Å². The van der Waals surface area contributed by atoms with E-state index in [9.17, 15) is 18.0 Å². The van der Waals surface area contributed by atoms with Crippen LogP contribution in [0.1, 0.15) is 12.1 Å². The number of nitrogen functional groups attached to an aromatic ring is 1. The number of nitrogens with zero attached hydrogens (tertiary/aromatic N) is 2. The van der Waals surface area contributed by atoms with Gasteiger partial charge < -0.3 is 15.7 Å². The van der Waals surface area contributed by atoms with Gasteiger partial charge in [-0.25, -0.2) is 13.4 Å². The molecule has 3 N–H and O–H groups in total. The molecule has 1 aromatic rings. The van der Waals surface area contributed by atoms with Crippen LogP contribution in [-0.4, -0.2) is 59.4 Å². The van der Waals surface area contributed by atoms with E-state index in [1.807, 2.05) is 0 Å². The Morgan fingerprint density at radius 3 is 2.81 bits per heavy atom. The minimum Gasteiger partial charge on any atom is -0.481 e. The van der Waals surface area contributed by atoms with E-state index in [2.05, 4.69) is 4.98 Å². The normalized spacial score (nSPS) is 21.1. The number of nitrogens with two attached hydrogens (primary N) is 1. The molecule has 2 heterocycles. The third-order valence-electron chi connectivity index (χ3n) is 3.16. The van der Waals surface area contributed by atoms with Crippen molar-refractivity contribution < 1.29 is 23.1 Å². The number of thiazole rings is 1. The molecule has 0 saturated carbocycles. The summed E-state index contributed by atoms with van der Waals surface area (Å²) in [6.07, 6.45) is -0.395. The van der Waals surface area contributed by atoms with Gasteiger partial charge in [0.05, 0.1) is 36.1 Å². The molecule has 1 saturated heterocycles. The minimum atomic E-state index is -3.30. The van der Waals surface area contributed by atoms with Crippen LogP contribution in [0.25, 0.3) is 0 Å². The topological polar surface area (TPSA) is 131 Å². The Kier molecular flexibility index (Phi) is 4.47. The van der Waals surface area contributed by atoms with Gasteiger partial charge in [-0.3, -0.25) is 9.59 Å². The van der Waals surface area contributed by atoms with Crippen molar-refractivity contribution in [1.82, 2.24) is 9.88 Å². The van der Waals surface area contributed by atoms with E-state index in [1.54, 1.807) is 5.38 Å². The average Bonchev–Trinajstić information content (AvgIpc) is 2.72. The van der Waals surface area contributed by atoms with Gasteiger partial charge >= 0.3 is 5.97 Å². The highest BCUT2D eigenvalue weighted by atomic mass is 32.2. The van der Waals surface area contributed by atoms with Gasteiger partial charge in [-0.15, -0.1) is 11.3 Å². The summed E-state index contributed by atoms with van der Waals surface area (Å²) >= 11 is 1.21. The van der Waals surface area contributed by atoms with E-state index >= 15 is 0 Å². The van der Waals surface area contributed by atoms with E-state index in [4.69, 9.17) is 10.8 Å². The molecule has 0 bridgehead atoms. The predicted octanol–water partition coefficient (Wildman–Crippen LogP) is -0.632. The van der Waals surface area contributed by atoms with Gasteiger partial charge in [0, 0.05) is 11.9 Å². The zero-order valence-electron chi connectivity index (χ0n) is 11.1. The maximum absolute atomic E-state index is 12.2. The number of anilines is 1. The number of carboxylic acids is 1. The number of aromatic nitrogens is 1. The summed E-state index contributed by atoms with van der Waals surface area (Å²) in [7, 11) is -3.30. The highest BCUT2D eigenvalue weighted by molar-refractivity contribution is 7.91. The zero-order chi connectivity index (χ0) is 15.6. The minimum absolute atomic E-state index is 0.0101. The average molecular weight is 333 g/mol. The summed E-state index contributed by atoms with van der Waals surface area (Å²) in [5.74, 6) is -1.92. The molecule has 1 fully saturated rings. The molecule has 1 unspecified atom stereocenters. The fourth-order valence-corrected chi connectivity index (χ4v) is 4.33. The number of rotatable bonds is 4. The van der Waals surface area contributed by atoms with E-state index in [0.29, 0.717) is 10.8 Å². The van der Waals surface area contributed by atoms with Crippen LogP contribution in [-0.2, 0) is 25.8 Å². The van der Waals surface area contributed by atoms with Crippen molar-refractivity contribution in [3.05, 3.63) is 11.1 Å². The SMILES string of the molecule is Nc1nc(CC(=O)N2CCS(=O)(=O)CC2CC(=O)O)cs1. The molecular weight excluding hydrogens is 318 g/mol. The van der Waals surface area contributed by atoms with Gasteiger partial charge in [-0.2, -0.15) is 0 Å². The molecule has 0 aliphatic carbocycles. The van der Waals surface area contributed by atoms with Crippen molar-refractivity contribution in [2.24, 2.45) is 0 Å². The molecule has 0 radical (unpaired) electrons. The number of aliphatic carboxylic acids is 1. The fourth-order valence-electron chi connectivity index (χ4n) is 2.25. The molecular formula is C11H15N3O5S2. The Morgan fingerprint density at radius 1 is 1.52 bits per heavy atom. The first-order valence-electron chi connectivity index (χ1n) is 6.18. The van der Waals surface area contributed by atoms with Gasteiger partial charge in [0.2, 0.25) is 5.91 Å². The molecule has 21 heavy (non-hydrogen) atoms. The lowest BCUT2D eigenvalue weighted by Crippen LogP contribution is -2.52. The third-order valence-corrected chi connectivity index (χ3v) is 5.58. The highest BCUT2D eigenvalue weighted by Crippen LogP contribution is 2.18. The largest absolute Gasteiger partial charge is 0.481 e. The standard InChI is InChI=1S/C11H15N3O5S2/c12-11-13-7(5-20-11)3-9(15)14-1-2-21(18,19)6-8(14)4-10(16)17/h5,8H,1-4,6H2,(H2,12,13)(H,16,17). The summed E-state index contributed by atoms with van der Waals surface area (Å²) in [4.78, 5) is 28.4. The van der Waals surface area contributed by atoms with Crippen LogP contribution in [0.2, 0.25) is 0 Å². The molecule has 1 atom stereocenters. The Labute approximate surface area is 125 Å². The summed E-state index contributed by atoms with van der Waals surface area (Å²) in [5.41, 5.74) is 5.99. The Balaban J connectivity index is 2.11. The van der Waals surface area contributed by atoms with Crippen LogP contribution in [0.15, 0.2) is 5.38 Å². The number of sulfone groups is 1. The fraction of sp³-hybridized carbons (Fsp3) is 0.545. The van der Waals surface area contributed by atoms with Gasteiger partial charge in [0.1, 0.15) is 0 Å². The van der Waals surface area contributed by atoms with Gasteiger partial charge in [0.15, 0.2) is 15.0 Å².